The molecule has 0 aliphatic carbocycles. The third-order valence-electron chi connectivity index (χ3n) is 4.10. The predicted octanol–water partition coefficient (Wildman–Crippen LogP) is 2.53. The molecule has 118 valence electrons. The first-order chi connectivity index (χ1) is 10.4. The molecule has 4 heteroatoms. The Morgan fingerprint density at radius 1 is 1.27 bits per heavy atom. The van der Waals surface area contributed by atoms with E-state index in [9.17, 15) is 9.90 Å². The van der Waals surface area contributed by atoms with E-state index in [-0.39, 0.29) is 18.4 Å². The molecule has 1 atom stereocenters. The average Bonchev–Trinajstić information content (AvgIpc) is 2.48. The smallest absolute Gasteiger partial charge is 0.224 e. The number of hydrogen-bond acceptors (Lipinski definition) is 3. The van der Waals surface area contributed by atoms with Crippen molar-refractivity contribution in [2.75, 3.05) is 6.54 Å². The van der Waals surface area contributed by atoms with Crippen LogP contribution in [0.3, 0.4) is 0 Å². The van der Waals surface area contributed by atoms with Gasteiger partial charge in [0.25, 0.3) is 0 Å². The van der Waals surface area contributed by atoms with E-state index >= 15 is 0 Å². The Bertz CT molecular complexity index is 680. The van der Waals surface area contributed by atoms with E-state index in [4.69, 9.17) is 0 Å². The van der Waals surface area contributed by atoms with Crippen molar-refractivity contribution in [3.8, 4) is 0 Å². The van der Waals surface area contributed by atoms with Gasteiger partial charge in [-0.1, -0.05) is 32.0 Å². The molecule has 0 spiro atoms. The number of hydrogen-bond donors (Lipinski definition) is 2. The third-order valence-corrected chi connectivity index (χ3v) is 4.10. The lowest BCUT2D eigenvalue weighted by atomic mass is 9.99. The zero-order chi connectivity index (χ0) is 16.3. The summed E-state index contributed by atoms with van der Waals surface area (Å²) in [5.74, 6) is 0.0501. The number of nitrogens with one attached hydrogen (secondary N) is 1. The van der Waals surface area contributed by atoms with Gasteiger partial charge in [-0.05, 0) is 37.0 Å². The quantitative estimate of drug-likeness (QED) is 0.892. The number of aliphatic hydroxyl groups is 1. The van der Waals surface area contributed by atoms with Gasteiger partial charge in [0, 0.05) is 17.6 Å². The molecule has 1 heterocycles. The van der Waals surface area contributed by atoms with Gasteiger partial charge in [0.2, 0.25) is 5.91 Å². The van der Waals surface area contributed by atoms with Gasteiger partial charge < -0.3 is 10.4 Å². The molecular formula is C18H24N2O2. The van der Waals surface area contributed by atoms with Crippen LogP contribution < -0.4 is 5.32 Å². The van der Waals surface area contributed by atoms with Gasteiger partial charge in [-0.2, -0.15) is 0 Å². The molecule has 0 bridgehead atoms. The van der Waals surface area contributed by atoms with Crippen LogP contribution in [0.4, 0.5) is 0 Å². The summed E-state index contributed by atoms with van der Waals surface area (Å²) >= 11 is 0. The fourth-order valence-electron chi connectivity index (χ4n) is 2.51. The van der Waals surface area contributed by atoms with Crippen LogP contribution >= 0.6 is 0 Å². The molecule has 0 aliphatic heterocycles. The van der Waals surface area contributed by atoms with Crippen molar-refractivity contribution >= 4 is 16.8 Å². The summed E-state index contributed by atoms with van der Waals surface area (Å²) in [5, 5.41) is 13.6. The Morgan fingerprint density at radius 2 is 1.95 bits per heavy atom. The summed E-state index contributed by atoms with van der Waals surface area (Å²) in [4.78, 5) is 16.7. The van der Waals surface area contributed by atoms with Crippen LogP contribution in [0.5, 0.6) is 0 Å². The number of carbonyl (C=O) groups is 1. The molecule has 1 aromatic carbocycles. The van der Waals surface area contributed by atoms with Crippen molar-refractivity contribution in [1.82, 2.24) is 10.3 Å². The Balaban J connectivity index is 2.16. The number of nitrogens with zero attached hydrogens (tertiary/aromatic N) is 1. The first-order valence-corrected chi connectivity index (χ1v) is 7.69. The van der Waals surface area contributed by atoms with Gasteiger partial charge >= 0.3 is 0 Å². The normalized spacial score (nSPS) is 12.6. The van der Waals surface area contributed by atoms with Crippen LogP contribution in [0.15, 0.2) is 24.3 Å². The molecule has 0 aliphatic rings. The van der Waals surface area contributed by atoms with Crippen molar-refractivity contribution in [1.29, 1.82) is 0 Å². The van der Waals surface area contributed by atoms with E-state index in [2.05, 4.69) is 10.3 Å². The van der Waals surface area contributed by atoms with E-state index in [0.29, 0.717) is 6.42 Å². The lowest BCUT2D eigenvalue weighted by molar-refractivity contribution is -0.121. The van der Waals surface area contributed by atoms with Crippen LogP contribution in [0.2, 0.25) is 0 Å². The van der Waals surface area contributed by atoms with Gasteiger partial charge in [0.05, 0.1) is 18.0 Å². The largest absolute Gasteiger partial charge is 0.391 e. The van der Waals surface area contributed by atoms with Gasteiger partial charge in [0.15, 0.2) is 0 Å². The van der Waals surface area contributed by atoms with Crippen molar-refractivity contribution in [2.45, 2.75) is 40.2 Å². The Morgan fingerprint density at radius 3 is 2.64 bits per heavy atom. The number of rotatable bonds is 5. The lowest BCUT2D eigenvalue weighted by Crippen LogP contribution is -2.35. The Hall–Kier alpha value is -1.94. The number of fused-ring (bicyclic) bond motifs is 1. The molecule has 0 radical (unpaired) electrons. The Kier molecular flexibility index (Phi) is 5.14. The second-order valence-corrected chi connectivity index (χ2v) is 6.11. The van der Waals surface area contributed by atoms with Crippen LogP contribution in [0.25, 0.3) is 10.9 Å². The number of aryl methyl sites for hydroxylation is 2. The molecule has 1 unspecified atom stereocenters. The van der Waals surface area contributed by atoms with Crippen LogP contribution in [-0.2, 0) is 11.2 Å². The van der Waals surface area contributed by atoms with E-state index < -0.39 is 6.10 Å². The molecule has 2 N–H and O–H groups in total. The van der Waals surface area contributed by atoms with Gasteiger partial charge in [0.1, 0.15) is 0 Å². The highest BCUT2D eigenvalue weighted by atomic mass is 16.3. The van der Waals surface area contributed by atoms with Crippen molar-refractivity contribution < 1.29 is 9.90 Å². The zero-order valence-corrected chi connectivity index (χ0v) is 13.7. The van der Waals surface area contributed by atoms with Crippen LogP contribution in [0.1, 0.15) is 30.7 Å². The molecule has 4 nitrogen and oxygen atoms in total. The van der Waals surface area contributed by atoms with Crippen molar-refractivity contribution in [3.05, 3.63) is 41.1 Å². The monoisotopic (exact) mass is 300 g/mol. The summed E-state index contributed by atoms with van der Waals surface area (Å²) < 4.78 is 0. The second kappa shape index (κ2) is 6.88. The molecule has 2 rings (SSSR count). The van der Waals surface area contributed by atoms with Crippen LogP contribution in [0, 0.1) is 19.8 Å². The average molecular weight is 300 g/mol. The first-order valence-electron chi connectivity index (χ1n) is 7.69. The minimum Gasteiger partial charge on any atom is -0.391 e. The summed E-state index contributed by atoms with van der Waals surface area (Å²) in [6.07, 6.45) is -0.221. The molecule has 1 aromatic heterocycles. The molecule has 22 heavy (non-hydrogen) atoms. The first kappa shape index (κ1) is 16.4. The van der Waals surface area contributed by atoms with E-state index in [0.717, 1.165) is 27.7 Å². The fourth-order valence-corrected chi connectivity index (χ4v) is 2.51. The van der Waals surface area contributed by atoms with E-state index in [1.807, 2.05) is 52.0 Å². The highest BCUT2D eigenvalue weighted by Gasteiger charge is 2.15. The molecule has 2 aromatic rings. The van der Waals surface area contributed by atoms with Gasteiger partial charge in [-0.25, -0.2) is 0 Å². The number of aromatic nitrogens is 1. The molecule has 1 amide bonds. The van der Waals surface area contributed by atoms with Gasteiger partial charge in [-0.3, -0.25) is 9.78 Å². The maximum atomic E-state index is 12.1. The molecule has 0 saturated carbocycles. The van der Waals surface area contributed by atoms with Crippen molar-refractivity contribution in [2.24, 2.45) is 5.92 Å². The van der Waals surface area contributed by atoms with Crippen LogP contribution in [-0.4, -0.2) is 28.6 Å². The van der Waals surface area contributed by atoms with E-state index in [1.54, 1.807) is 0 Å². The highest BCUT2D eigenvalue weighted by molar-refractivity contribution is 5.86. The number of para-hydroxylation sites is 1. The summed E-state index contributed by atoms with van der Waals surface area (Å²) in [7, 11) is 0. The number of carbonyl (C=O) groups excluding carboxylic acids is 1. The standard InChI is InChI=1S/C18H24N2O2/c1-11(2)17(21)10-19-18(22)9-15-12(3)14-7-5-6-8-16(14)20-13(15)4/h5-8,11,17,21H,9-10H2,1-4H3,(H,19,22). The SMILES string of the molecule is Cc1nc2ccccc2c(C)c1CC(=O)NCC(O)C(C)C. The number of aliphatic hydroxyl groups excluding tert-OH is 1. The number of pyridine rings is 1. The minimum absolute atomic E-state index is 0.0806. The fraction of sp³-hybridized carbons (Fsp3) is 0.444. The summed E-state index contributed by atoms with van der Waals surface area (Å²) in [5.41, 5.74) is 3.91. The zero-order valence-electron chi connectivity index (χ0n) is 13.7. The topological polar surface area (TPSA) is 62.2 Å². The molecule has 0 fully saturated rings. The maximum absolute atomic E-state index is 12.1. The van der Waals surface area contributed by atoms with E-state index in [1.165, 1.54) is 0 Å². The third kappa shape index (κ3) is 3.63. The molecular weight excluding hydrogens is 276 g/mol. The lowest BCUT2D eigenvalue weighted by Gasteiger charge is -2.16. The summed E-state index contributed by atoms with van der Waals surface area (Å²) in [6, 6.07) is 7.96. The minimum atomic E-state index is -0.513. The number of amides is 1. The van der Waals surface area contributed by atoms with Gasteiger partial charge in [-0.15, -0.1) is 0 Å². The molecule has 0 saturated heterocycles. The maximum Gasteiger partial charge on any atom is 0.224 e. The summed E-state index contributed by atoms with van der Waals surface area (Å²) in [6.45, 7) is 8.11. The highest BCUT2D eigenvalue weighted by Crippen LogP contribution is 2.22. The number of benzene rings is 1. The predicted molar refractivity (Wildman–Crippen MR) is 88.8 cm³/mol. The second-order valence-electron chi connectivity index (χ2n) is 6.11. The Labute approximate surface area is 131 Å². The van der Waals surface area contributed by atoms with Crippen molar-refractivity contribution in [3.63, 3.8) is 0 Å².